The summed E-state index contributed by atoms with van der Waals surface area (Å²) in [5, 5.41) is 2.99. The number of carbonyl (C=O) groups is 2. The van der Waals surface area contributed by atoms with Crippen molar-refractivity contribution in [3.63, 3.8) is 0 Å². The zero-order valence-corrected chi connectivity index (χ0v) is 15.5. The minimum absolute atomic E-state index is 0.0249. The highest BCUT2D eigenvalue weighted by Gasteiger charge is 2.47. The third-order valence-electron chi connectivity index (χ3n) is 4.02. The highest BCUT2D eigenvalue weighted by atomic mass is 32.2. The first kappa shape index (κ1) is 17.1. The zero-order chi connectivity index (χ0) is 17.3. The maximum absolute atomic E-state index is 12.9. The number of hydrogen-bond donors (Lipinski definition) is 1. The van der Waals surface area contributed by atoms with Crippen LogP contribution in [0.1, 0.15) is 29.8 Å². The second kappa shape index (κ2) is 6.65. The molecule has 1 aliphatic rings. The summed E-state index contributed by atoms with van der Waals surface area (Å²) >= 11 is 2.67. The number of carbonyl (C=O) groups excluding carboxylic acids is 2. The van der Waals surface area contributed by atoms with Gasteiger partial charge in [-0.05, 0) is 54.4 Å². The summed E-state index contributed by atoms with van der Waals surface area (Å²) in [7, 11) is 0. The minimum atomic E-state index is -0.960. The molecule has 3 rings (SSSR count). The highest BCUT2D eigenvalue weighted by molar-refractivity contribution is 8.18. The van der Waals surface area contributed by atoms with Crippen molar-refractivity contribution in [3.05, 3.63) is 59.7 Å². The van der Waals surface area contributed by atoms with Gasteiger partial charge in [-0.2, -0.15) is 0 Å². The van der Waals surface area contributed by atoms with Gasteiger partial charge in [0.1, 0.15) is 0 Å². The van der Waals surface area contributed by atoms with Crippen LogP contribution in [-0.4, -0.2) is 15.9 Å². The molecule has 124 valence electrons. The highest BCUT2D eigenvalue weighted by Crippen LogP contribution is 2.50. The first-order chi connectivity index (χ1) is 11.4. The second-order valence-corrected chi connectivity index (χ2v) is 8.45. The zero-order valence-electron chi connectivity index (χ0n) is 13.8. The molecule has 0 aliphatic carbocycles. The first-order valence-electron chi connectivity index (χ1n) is 7.82. The molecule has 0 fully saturated rings. The van der Waals surface area contributed by atoms with E-state index < -0.39 is 4.87 Å². The fraction of sp³-hybridized carbons (Fsp3) is 0.263. The van der Waals surface area contributed by atoms with Crippen LogP contribution in [0.3, 0.4) is 0 Å². The summed E-state index contributed by atoms with van der Waals surface area (Å²) in [6, 6.07) is 15.1. The van der Waals surface area contributed by atoms with Gasteiger partial charge in [-0.15, -0.1) is 0 Å². The molecule has 0 saturated carbocycles. The topological polar surface area (TPSA) is 46.2 Å². The monoisotopic (exact) mass is 357 g/mol. The molecule has 1 atom stereocenters. The average molecular weight is 358 g/mol. The number of aryl methyl sites for hydroxylation is 1. The third kappa shape index (κ3) is 3.10. The average Bonchev–Trinajstić information content (AvgIpc) is 2.56. The van der Waals surface area contributed by atoms with Crippen molar-refractivity contribution >= 4 is 34.5 Å². The molecule has 0 aromatic heterocycles. The van der Waals surface area contributed by atoms with Gasteiger partial charge in [0.25, 0.3) is 5.91 Å². The lowest BCUT2D eigenvalue weighted by molar-refractivity contribution is -0.114. The Morgan fingerprint density at radius 1 is 1.08 bits per heavy atom. The van der Waals surface area contributed by atoms with E-state index in [9.17, 15) is 9.59 Å². The van der Waals surface area contributed by atoms with Crippen LogP contribution in [0.25, 0.3) is 0 Å². The number of rotatable bonds is 3. The van der Waals surface area contributed by atoms with Crippen LogP contribution in [0, 0.1) is 12.8 Å². The number of benzene rings is 2. The Morgan fingerprint density at radius 3 is 2.46 bits per heavy atom. The summed E-state index contributed by atoms with van der Waals surface area (Å²) in [5.74, 6) is -0.259. The van der Waals surface area contributed by atoms with Gasteiger partial charge in [-0.1, -0.05) is 49.9 Å². The molecule has 0 spiro atoms. The fourth-order valence-corrected chi connectivity index (χ4v) is 5.23. The molecule has 1 N–H and O–H groups in total. The van der Waals surface area contributed by atoms with Gasteiger partial charge in [-0.3, -0.25) is 9.59 Å². The number of fused-ring (bicyclic) bond motifs is 1. The number of nitrogens with one attached hydrogen (secondary N) is 1. The van der Waals surface area contributed by atoms with E-state index in [0.717, 1.165) is 15.4 Å². The molecule has 0 bridgehead atoms. The fourth-order valence-electron chi connectivity index (χ4n) is 2.57. The van der Waals surface area contributed by atoms with Gasteiger partial charge in [0.05, 0.1) is 0 Å². The van der Waals surface area contributed by atoms with Crippen LogP contribution in [0.2, 0.25) is 0 Å². The minimum Gasteiger partial charge on any atom is -0.330 e. The van der Waals surface area contributed by atoms with Gasteiger partial charge in [0, 0.05) is 15.4 Å². The largest absolute Gasteiger partial charge is 0.330 e. The van der Waals surface area contributed by atoms with E-state index in [1.807, 2.05) is 51.1 Å². The number of thioether (sulfide) groups is 2. The summed E-state index contributed by atoms with van der Waals surface area (Å²) < 4.78 is 0. The van der Waals surface area contributed by atoms with Crippen LogP contribution in [0.15, 0.2) is 58.3 Å². The van der Waals surface area contributed by atoms with Crippen LogP contribution in [-0.2, 0) is 4.79 Å². The van der Waals surface area contributed by atoms with E-state index in [1.165, 1.54) is 23.5 Å². The Kier molecular flexibility index (Phi) is 4.74. The molecular formula is C19H19NO2S2. The molecule has 24 heavy (non-hydrogen) atoms. The Balaban J connectivity index is 1.97. The lowest BCUT2D eigenvalue weighted by Crippen LogP contribution is -2.55. The van der Waals surface area contributed by atoms with Gasteiger partial charge in [0.2, 0.25) is 5.12 Å². The Morgan fingerprint density at radius 2 is 1.79 bits per heavy atom. The summed E-state index contributed by atoms with van der Waals surface area (Å²) in [6.07, 6.45) is 0. The SMILES string of the molecule is Cc1ccc2c(c1)SC(NC(=O)c1ccccc1)(C(C)C)C(=O)S2. The van der Waals surface area contributed by atoms with E-state index in [0.29, 0.717) is 5.56 Å². The third-order valence-corrected chi connectivity index (χ3v) is 7.00. The maximum Gasteiger partial charge on any atom is 0.252 e. The van der Waals surface area contributed by atoms with Gasteiger partial charge >= 0.3 is 0 Å². The quantitative estimate of drug-likeness (QED) is 0.878. The standard InChI is InChI=1S/C19H19NO2S2/c1-12(2)19(20-17(21)14-7-5-4-6-8-14)18(22)23-15-10-9-13(3)11-16(15)24-19/h4-12H,1-3H3,(H,20,21). The normalized spacial score (nSPS) is 19.9. The predicted octanol–water partition coefficient (Wildman–Crippen LogP) is 4.50. The lowest BCUT2D eigenvalue weighted by Gasteiger charge is -2.39. The summed E-state index contributed by atoms with van der Waals surface area (Å²) in [4.78, 5) is 26.6. The van der Waals surface area contributed by atoms with Crippen molar-refractivity contribution in [3.8, 4) is 0 Å². The number of amides is 1. The Hall–Kier alpha value is -1.72. The Labute approximate surface area is 150 Å². The number of hydrogen-bond acceptors (Lipinski definition) is 4. The summed E-state index contributed by atoms with van der Waals surface area (Å²) in [6.45, 7) is 5.97. The molecule has 0 saturated heterocycles. The van der Waals surface area contributed by atoms with Gasteiger partial charge in [0.15, 0.2) is 4.87 Å². The van der Waals surface area contributed by atoms with E-state index >= 15 is 0 Å². The molecule has 2 aromatic carbocycles. The molecule has 1 heterocycles. The molecule has 1 unspecified atom stereocenters. The molecule has 5 heteroatoms. The van der Waals surface area contributed by atoms with Crippen LogP contribution < -0.4 is 5.32 Å². The van der Waals surface area contributed by atoms with Crippen molar-refractivity contribution in [1.29, 1.82) is 0 Å². The predicted molar refractivity (Wildman–Crippen MR) is 99.4 cm³/mol. The van der Waals surface area contributed by atoms with E-state index in [-0.39, 0.29) is 16.9 Å². The lowest BCUT2D eigenvalue weighted by atomic mass is 10.0. The molecule has 2 aromatic rings. The van der Waals surface area contributed by atoms with Crippen LogP contribution in [0.5, 0.6) is 0 Å². The van der Waals surface area contributed by atoms with E-state index in [1.54, 1.807) is 12.1 Å². The van der Waals surface area contributed by atoms with Crippen molar-refractivity contribution in [1.82, 2.24) is 5.32 Å². The van der Waals surface area contributed by atoms with Gasteiger partial charge in [-0.25, -0.2) is 0 Å². The van der Waals surface area contributed by atoms with Crippen LogP contribution >= 0.6 is 23.5 Å². The van der Waals surface area contributed by atoms with E-state index in [2.05, 4.69) is 11.4 Å². The summed E-state index contributed by atoms with van der Waals surface area (Å²) in [5.41, 5.74) is 1.70. The maximum atomic E-state index is 12.9. The first-order valence-corrected chi connectivity index (χ1v) is 9.45. The second-order valence-electron chi connectivity index (χ2n) is 6.15. The van der Waals surface area contributed by atoms with E-state index in [4.69, 9.17) is 0 Å². The van der Waals surface area contributed by atoms with Crippen molar-refractivity contribution in [2.45, 2.75) is 35.4 Å². The molecule has 0 radical (unpaired) electrons. The van der Waals surface area contributed by atoms with Crippen molar-refractivity contribution in [2.75, 3.05) is 0 Å². The molecule has 1 aliphatic heterocycles. The smallest absolute Gasteiger partial charge is 0.252 e. The molecule has 3 nitrogen and oxygen atoms in total. The molecular weight excluding hydrogens is 338 g/mol. The molecule has 1 amide bonds. The van der Waals surface area contributed by atoms with Crippen LogP contribution in [0.4, 0.5) is 0 Å². The van der Waals surface area contributed by atoms with Crippen molar-refractivity contribution in [2.24, 2.45) is 5.92 Å². The Bertz CT molecular complexity index is 789. The van der Waals surface area contributed by atoms with Crippen molar-refractivity contribution < 1.29 is 9.59 Å². The van der Waals surface area contributed by atoms with Gasteiger partial charge < -0.3 is 5.32 Å².